The third-order valence-electron chi connectivity index (χ3n) is 4.13. The number of amides is 2. The van der Waals surface area contributed by atoms with Gasteiger partial charge in [-0.1, -0.05) is 0 Å². The van der Waals surface area contributed by atoms with E-state index >= 15 is 0 Å². The Morgan fingerprint density at radius 1 is 1.04 bits per heavy atom. The zero-order valence-electron chi connectivity index (χ0n) is 15.5. The molecule has 9 nitrogen and oxygen atoms in total. The molecular formula is C17H19N3O6S2. The fourth-order valence-corrected chi connectivity index (χ4v) is 4.66. The van der Waals surface area contributed by atoms with E-state index in [-0.39, 0.29) is 20.5 Å². The lowest BCUT2D eigenvalue weighted by Crippen LogP contribution is -2.44. The van der Waals surface area contributed by atoms with Crippen LogP contribution in [-0.2, 0) is 9.84 Å². The molecule has 0 radical (unpaired) electrons. The van der Waals surface area contributed by atoms with Crippen molar-refractivity contribution >= 4 is 33.0 Å². The van der Waals surface area contributed by atoms with Crippen LogP contribution in [0, 0.1) is 0 Å². The van der Waals surface area contributed by atoms with Gasteiger partial charge >= 0.3 is 0 Å². The first-order valence-corrected chi connectivity index (χ1v) is 11.0. The number of carbonyl (C=O) groups excluding carboxylic acids is 2. The number of pyridine rings is 1. The molecule has 0 unspecified atom stereocenters. The van der Waals surface area contributed by atoms with E-state index < -0.39 is 21.7 Å². The summed E-state index contributed by atoms with van der Waals surface area (Å²) in [4.78, 5) is 30.2. The predicted molar refractivity (Wildman–Crippen MR) is 101 cm³/mol. The Morgan fingerprint density at radius 2 is 1.71 bits per heavy atom. The first-order chi connectivity index (χ1) is 13.3. The number of nitrogens with zero attached hydrogens (tertiary/aromatic N) is 3. The highest BCUT2D eigenvalue weighted by Crippen LogP contribution is 2.27. The summed E-state index contributed by atoms with van der Waals surface area (Å²) in [7, 11) is -0.550. The van der Waals surface area contributed by atoms with Gasteiger partial charge in [0.25, 0.3) is 11.8 Å². The maximum atomic E-state index is 13.0. The number of ether oxygens (including phenoxy) is 2. The Bertz CT molecular complexity index is 1020. The van der Waals surface area contributed by atoms with Gasteiger partial charge < -0.3 is 9.47 Å². The Morgan fingerprint density at radius 3 is 2.29 bits per heavy atom. The van der Waals surface area contributed by atoms with Crippen molar-refractivity contribution in [3.8, 4) is 11.8 Å². The van der Waals surface area contributed by atoms with E-state index in [2.05, 4.69) is 4.98 Å². The topological polar surface area (TPSA) is 106 Å². The molecule has 0 N–H and O–H groups in total. The maximum absolute atomic E-state index is 13.0. The van der Waals surface area contributed by atoms with Crippen LogP contribution in [0.5, 0.6) is 11.8 Å². The molecule has 150 valence electrons. The molecule has 11 heteroatoms. The van der Waals surface area contributed by atoms with Crippen LogP contribution >= 0.6 is 11.3 Å². The average molecular weight is 425 g/mol. The van der Waals surface area contributed by atoms with Crippen LogP contribution < -0.4 is 9.47 Å². The fraction of sp³-hybridized carbons (Fsp3) is 0.353. The van der Waals surface area contributed by atoms with Gasteiger partial charge in [-0.25, -0.2) is 18.4 Å². The number of rotatable bonds is 5. The number of thiophene rings is 1. The van der Waals surface area contributed by atoms with E-state index in [0.717, 1.165) is 17.6 Å². The van der Waals surface area contributed by atoms with Crippen LogP contribution in [0.2, 0.25) is 0 Å². The smallest absolute Gasteiger partial charge is 0.282 e. The molecule has 1 aliphatic rings. The van der Waals surface area contributed by atoms with Gasteiger partial charge in [0.2, 0.25) is 11.8 Å². The van der Waals surface area contributed by atoms with E-state index in [4.69, 9.17) is 9.47 Å². The molecule has 0 aliphatic carbocycles. The summed E-state index contributed by atoms with van der Waals surface area (Å²) in [6, 6.07) is 5.92. The molecule has 0 atom stereocenters. The molecule has 1 aliphatic heterocycles. The van der Waals surface area contributed by atoms with Crippen molar-refractivity contribution in [3.05, 3.63) is 34.7 Å². The van der Waals surface area contributed by atoms with E-state index in [1.807, 2.05) is 0 Å². The second kappa shape index (κ2) is 7.76. The quantitative estimate of drug-likeness (QED) is 0.714. The normalized spacial score (nSPS) is 14.2. The van der Waals surface area contributed by atoms with Gasteiger partial charge in [-0.2, -0.15) is 4.98 Å². The largest absolute Gasteiger partial charge is 0.481 e. The fourth-order valence-electron chi connectivity index (χ4n) is 2.79. The van der Waals surface area contributed by atoms with Crippen molar-refractivity contribution in [3.63, 3.8) is 0 Å². The maximum Gasteiger partial charge on any atom is 0.282 e. The predicted octanol–water partition coefficient (Wildman–Crippen LogP) is 1.47. The van der Waals surface area contributed by atoms with Crippen LogP contribution in [0.25, 0.3) is 0 Å². The minimum Gasteiger partial charge on any atom is -0.481 e. The van der Waals surface area contributed by atoms with Crippen LogP contribution in [0.1, 0.15) is 26.5 Å². The molecule has 0 aromatic carbocycles. The zero-order valence-corrected chi connectivity index (χ0v) is 17.2. The molecule has 0 saturated carbocycles. The SMILES string of the molecule is COc1ccc(C(=O)N2CCCN2C(=O)c2ccc(S(C)(=O)=O)s2)c(OC)n1. The van der Waals surface area contributed by atoms with E-state index in [0.29, 0.717) is 25.4 Å². The van der Waals surface area contributed by atoms with Crippen molar-refractivity contribution in [1.29, 1.82) is 0 Å². The zero-order chi connectivity index (χ0) is 20.5. The Labute approximate surface area is 166 Å². The first kappa shape index (κ1) is 20.1. The number of sulfone groups is 1. The summed E-state index contributed by atoms with van der Waals surface area (Å²) in [6.45, 7) is 0.701. The van der Waals surface area contributed by atoms with Gasteiger partial charge in [-0.3, -0.25) is 9.59 Å². The summed E-state index contributed by atoms with van der Waals surface area (Å²) in [5.74, 6) is -0.460. The Hall–Kier alpha value is -2.66. The number of hydrazine groups is 1. The Kier molecular flexibility index (Phi) is 5.57. The van der Waals surface area contributed by atoms with Crippen molar-refractivity contribution in [2.45, 2.75) is 10.6 Å². The van der Waals surface area contributed by atoms with Crippen molar-refractivity contribution in [1.82, 2.24) is 15.0 Å². The molecule has 2 aromatic heterocycles. The van der Waals surface area contributed by atoms with E-state index in [1.54, 1.807) is 0 Å². The standard InChI is InChI=1S/C17H19N3O6S2/c1-25-13-7-5-11(15(18-13)26-2)16(21)19-9-4-10-20(19)17(22)12-6-8-14(27-12)28(3,23)24/h5-8H,4,9-10H2,1-3H3. The third kappa shape index (κ3) is 3.80. The summed E-state index contributed by atoms with van der Waals surface area (Å²) in [5, 5.41) is 2.65. The molecule has 3 rings (SSSR count). The van der Waals surface area contributed by atoms with Gasteiger partial charge in [0.05, 0.1) is 19.1 Å². The minimum atomic E-state index is -3.40. The molecule has 2 aromatic rings. The molecular weight excluding hydrogens is 406 g/mol. The molecule has 0 bridgehead atoms. The van der Waals surface area contributed by atoms with Gasteiger partial charge in [-0.15, -0.1) is 11.3 Å². The monoisotopic (exact) mass is 425 g/mol. The van der Waals surface area contributed by atoms with Crippen molar-refractivity contribution in [2.24, 2.45) is 0 Å². The number of hydrogen-bond acceptors (Lipinski definition) is 8. The van der Waals surface area contributed by atoms with Crippen molar-refractivity contribution in [2.75, 3.05) is 33.6 Å². The van der Waals surface area contributed by atoms with E-state index in [1.165, 1.54) is 48.5 Å². The van der Waals surface area contributed by atoms with Gasteiger partial charge in [-0.05, 0) is 24.6 Å². The summed E-state index contributed by atoms with van der Waals surface area (Å²) in [5.41, 5.74) is 0.200. The molecule has 1 fully saturated rings. The van der Waals surface area contributed by atoms with Crippen LogP contribution in [0.3, 0.4) is 0 Å². The van der Waals surface area contributed by atoms with Crippen LogP contribution in [0.15, 0.2) is 28.5 Å². The summed E-state index contributed by atoms with van der Waals surface area (Å²) < 4.78 is 33.6. The molecule has 0 spiro atoms. The highest BCUT2D eigenvalue weighted by molar-refractivity contribution is 7.92. The van der Waals surface area contributed by atoms with Gasteiger partial charge in [0, 0.05) is 25.4 Å². The lowest BCUT2D eigenvalue weighted by molar-refractivity contribution is 0.0186. The van der Waals surface area contributed by atoms with Crippen LogP contribution in [0.4, 0.5) is 0 Å². The van der Waals surface area contributed by atoms with Crippen LogP contribution in [-0.4, -0.2) is 68.8 Å². The van der Waals surface area contributed by atoms with Gasteiger partial charge in [0.15, 0.2) is 9.84 Å². The number of carbonyl (C=O) groups is 2. The molecule has 3 heterocycles. The van der Waals surface area contributed by atoms with E-state index in [9.17, 15) is 18.0 Å². The minimum absolute atomic E-state index is 0.0964. The summed E-state index contributed by atoms with van der Waals surface area (Å²) >= 11 is 0.886. The average Bonchev–Trinajstić information content (AvgIpc) is 3.35. The highest BCUT2D eigenvalue weighted by Gasteiger charge is 2.34. The molecule has 1 saturated heterocycles. The van der Waals surface area contributed by atoms with Gasteiger partial charge in [0.1, 0.15) is 9.77 Å². The summed E-state index contributed by atoms with van der Waals surface area (Å²) in [6.07, 6.45) is 1.69. The number of hydrogen-bond donors (Lipinski definition) is 0. The highest BCUT2D eigenvalue weighted by atomic mass is 32.2. The molecule has 2 amide bonds. The molecule has 28 heavy (non-hydrogen) atoms. The first-order valence-electron chi connectivity index (χ1n) is 8.29. The number of methoxy groups -OCH3 is 2. The number of aromatic nitrogens is 1. The lowest BCUT2D eigenvalue weighted by Gasteiger charge is -2.27. The van der Waals surface area contributed by atoms with Crippen molar-refractivity contribution < 1.29 is 27.5 Å². The Balaban J connectivity index is 1.87. The second-order valence-electron chi connectivity index (χ2n) is 6.01. The lowest BCUT2D eigenvalue weighted by atomic mass is 10.2. The third-order valence-corrected chi connectivity index (χ3v) is 7.02. The second-order valence-corrected chi connectivity index (χ2v) is 9.34.